The summed E-state index contributed by atoms with van der Waals surface area (Å²) in [5.74, 6) is 2.58. The standard InChI is InChI=1S/C11H11BrN2OS2/c1-7-13-11(17-14-7)16-6-8-3-4-10(15-2)9(12)5-8/h3-5H,6H2,1-2H3. The van der Waals surface area contributed by atoms with Crippen LogP contribution in [0.25, 0.3) is 0 Å². The summed E-state index contributed by atoms with van der Waals surface area (Å²) in [4.78, 5) is 4.32. The molecule has 0 radical (unpaired) electrons. The Labute approximate surface area is 117 Å². The average Bonchev–Trinajstić information content (AvgIpc) is 2.73. The fourth-order valence-electron chi connectivity index (χ4n) is 1.28. The number of thioether (sulfide) groups is 1. The van der Waals surface area contributed by atoms with Crippen molar-refractivity contribution in [1.82, 2.24) is 9.36 Å². The Kier molecular flexibility index (Phi) is 4.42. The normalized spacial score (nSPS) is 10.5. The zero-order valence-electron chi connectivity index (χ0n) is 9.44. The van der Waals surface area contributed by atoms with Crippen molar-refractivity contribution in [2.45, 2.75) is 17.0 Å². The number of methoxy groups -OCH3 is 1. The number of aromatic nitrogens is 2. The maximum Gasteiger partial charge on any atom is 0.170 e. The van der Waals surface area contributed by atoms with Crippen LogP contribution in [0.1, 0.15) is 11.4 Å². The van der Waals surface area contributed by atoms with E-state index in [2.05, 4.69) is 37.4 Å². The first-order chi connectivity index (χ1) is 8.19. The predicted octanol–water partition coefficient (Wildman–Crippen LogP) is 3.91. The van der Waals surface area contributed by atoms with E-state index < -0.39 is 0 Å². The first-order valence-corrected chi connectivity index (χ1v) is 7.50. The Morgan fingerprint density at radius 1 is 1.47 bits per heavy atom. The second-order valence-corrected chi connectivity index (χ2v) is 6.19. The van der Waals surface area contributed by atoms with E-state index in [1.54, 1.807) is 18.9 Å². The Bertz CT molecular complexity index is 516. The van der Waals surface area contributed by atoms with Gasteiger partial charge in [-0.1, -0.05) is 17.8 Å². The molecule has 17 heavy (non-hydrogen) atoms. The summed E-state index contributed by atoms with van der Waals surface area (Å²) in [5.41, 5.74) is 1.23. The Morgan fingerprint density at radius 3 is 2.88 bits per heavy atom. The van der Waals surface area contributed by atoms with Gasteiger partial charge in [0.2, 0.25) is 0 Å². The van der Waals surface area contributed by atoms with E-state index in [0.717, 1.165) is 26.1 Å². The fourth-order valence-corrected chi connectivity index (χ4v) is 3.46. The van der Waals surface area contributed by atoms with E-state index in [4.69, 9.17) is 4.74 Å². The van der Waals surface area contributed by atoms with Crippen LogP contribution < -0.4 is 4.74 Å². The molecule has 6 heteroatoms. The van der Waals surface area contributed by atoms with Crippen LogP contribution in [0.15, 0.2) is 27.0 Å². The molecule has 0 N–H and O–H groups in total. The van der Waals surface area contributed by atoms with Crippen molar-refractivity contribution in [2.24, 2.45) is 0 Å². The second-order valence-electron chi connectivity index (χ2n) is 3.37. The number of halogens is 1. The number of benzene rings is 1. The highest BCUT2D eigenvalue weighted by Crippen LogP contribution is 2.29. The first kappa shape index (κ1) is 12.9. The van der Waals surface area contributed by atoms with E-state index in [1.165, 1.54) is 17.1 Å². The van der Waals surface area contributed by atoms with Gasteiger partial charge in [-0.3, -0.25) is 0 Å². The lowest BCUT2D eigenvalue weighted by Crippen LogP contribution is -1.86. The second kappa shape index (κ2) is 5.84. The summed E-state index contributed by atoms with van der Waals surface area (Å²) >= 11 is 6.62. The Balaban J connectivity index is 2.02. The van der Waals surface area contributed by atoms with Crippen molar-refractivity contribution < 1.29 is 4.74 Å². The molecule has 0 bridgehead atoms. The number of hydrogen-bond donors (Lipinski definition) is 0. The molecule has 0 aliphatic heterocycles. The molecule has 90 valence electrons. The van der Waals surface area contributed by atoms with Gasteiger partial charge in [0.05, 0.1) is 11.6 Å². The summed E-state index contributed by atoms with van der Waals surface area (Å²) in [6.07, 6.45) is 0. The van der Waals surface area contributed by atoms with Gasteiger partial charge in [0.25, 0.3) is 0 Å². The topological polar surface area (TPSA) is 35.0 Å². The molecule has 0 spiro atoms. The third kappa shape index (κ3) is 3.43. The van der Waals surface area contributed by atoms with Crippen LogP contribution in [-0.2, 0) is 5.75 Å². The van der Waals surface area contributed by atoms with Gasteiger partial charge in [0.1, 0.15) is 11.6 Å². The van der Waals surface area contributed by atoms with Gasteiger partial charge in [-0.2, -0.15) is 4.37 Å². The van der Waals surface area contributed by atoms with E-state index in [-0.39, 0.29) is 0 Å². The molecule has 3 nitrogen and oxygen atoms in total. The van der Waals surface area contributed by atoms with Crippen LogP contribution in [0.4, 0.5) is 0 Å². The van der Waals surface area contributed by atoms with Gasteiger partial charge >= 0.3 is 0 Å². The molecule has 1 heterocycles. The number of nitrogens with zero attached hydrogens (tertiary/aromatic N) is 2. The van der Waals surface area contributed by atoms with Crippen molar-refractivity contribution in [2.75, 3.05) is 7.11 Å². The SMILES string of the molecule is COc1ccc(CSc2nc(C)ns2)cc1Br. The third-order valence-electron chi connectivity index (χ3n) is 2.09. The molecule has 0 fully saturated rings. The number of ether oxygens (including phenoxy) is 1. The zero-order valence-corrected chi connectivity index (χ0v) is 12.7. The van der Waals surface area contributed by atoms with Gasteiger partial charge in [-0.05, 0) is 52.1 Å². The first-order valence-electron chi connectivity index (χ1n) is 4.94. The quantitative estimate of drug-likeness (QED) is 0.796. The van der Waals surface area contributed by atoms with Crippen molar-refractivity contribution in [1.29, 1.82) is 0 Å². The highest BCUT2D eigenvalue weighted by atomic mass is 79.9. The van der Waals surface area contributed by atoms with E-state index in [0.29, 0.717) is 0 Å². The lowest BCUT2D eigenvalue weighted by molar-refractivity contribution is 0.412. The smallest absolute Gasteiger partial charge is 0.170 e. The van der Waals surface area contributed by atoms with Crippen LogP contribution in [-0.4, -0.2) is 16.5 Å². The molecule has 0 aliphatic carbocycles. The van der Waals surface area contributed by atoms with Crippen LogP contribution in [0.3, 0.4) is 0 Å². The van der Waals surface area contributed by atoms with Gasteiger partial charge in [-0.15, -0.1) is 0 Å². The lowest BCUT2D eigenvalue weighted by Gasteiger charge is -2.05. The minimum atomic E-state index is 0.841. The highest BCUT2D eigenvalue weighted by molar-refractivity contribution is 9.10. The Hall–Kier alpha value is -0.590. The molecule has 0 atom stereocenters. The fraction of sp³-hybridized carbons (Fsp3) is 0.273. The molecule has 2 rings (SSSR count). The van der Waals surface area contributed by atoms with Crippen LogP contribution in [0, 0.1) is 6.92 Å². The lowest BCUT2D eigenvalue weighted by atomic mass is 10.2. The van der Waals surface area contributed by atoms with Gasteiger partial charge in [-0.25, -0.2) is 4.98 Å². The van der Waals surface area contributed by atoms with Crippen LogP contribution >= 0.6 is 39.2 Å². The third-order valence-corrected chi connectivity index (χ3v) is 4.70. The van der Waals surface area contributed by atoms with Crippen LogP contribution in [0.2, 0.25) is 0 Å². The van der Waals surface area contributed by atoms with Gasteiger partial charge in [0, 0.05) is 5.75 Å². The molecule has 0 amide bonds. The molecule has 0 saturated heterocycles. The molecule has 2 aromatic rings. The van der Waals surface area contributed by atoms with Crippen molar-refractivity contribution >= 4 is 39.2 Å². The summed E-state index contributed by atoms with van der Waals surface area (Å²) in [7, 11) is 1.67. The highest BCUT2D eigenvalue weighted by Gasteiger charge is 2.04. The molecule has 0 unspecified atom stereocenters. The maximum atomic E-state index is 5.19. The molecular formula is C11H11BrN2OS2. The van der Waals surface area contributed by atoms with Crippen LogP contribution in [0.5, 0.6) is 5.75 Å². The summed E-state index contributed by atoms with van der Waals surface area (Å²) < 4.78 is 11.3. The zero-order chi connectivity index (χ0) is 12.3. The Morgan fingerprint density at radius 2 is 2.29 bits per heavy atom. The number of hydrogen-bond acceptors (Lipinski definition) is 5. The van der Waals surface area contributed by atoms with Crippen molar-refractivity contribution in [3.8, 4) is 5.75 Å². The molecule has 0 aliphatic rings. The van der Waals surface area contributed by atoms with Crippen molar-refractivity contribution in [3.05, 3.63) is 34.1 Å². The minimum Gasteiger partial charge on any atom is -0.496 e. The molecular weight excluding hydrogens is 320 g/mol. The largest absolute Gasteiger partial charge is 0.496 e. The van der Waals surface area contributed by atoms with Gasteiger partial charge in [0.15, 0.2) is 4.34 Å². The number of aryl methyl sites for hydroxylation is 1. The summed E-state index contributed by atoms with van der Waals surface area (Å²) in [6, 6.07) is 6.09. The molecule has 1 aromatic heterocycles. The summed E-state index contributed by atoms with van der Waals surface area (Å²) in [6.45, 7) is 1.91. The average molecular weight is 331 g/mol. The predicted molar refractivity (Wildman–Crippen MR) is 74.9 cm³/mol. The minimum absolute atomic E-state index is 0.841. The van der Waals surface area contributed by atoms with Crippen molar-refractivity contribution in [3.63, 3.8) is 0 Å². The van der Waals surface area contributed by atoms with E-state index >= 15 is 0 Å². The molecule has 1 aromatic carbocycles. The maximum absolute atomic E-state index is 5.19. The number of rotatable bonds is 4. The van der Waals surface area contributed by atoms with E-state index in [1.807, 2.05) is 13.0 Å². The molecule has 0 saturated carbocycles. The monoisotopic (exact) mass is 330 g/mol. The van der Waals surface area contributed by atoms with Gasteiger partial charge < -0.3 is 4.74 Å². The van der Waals surface area contributed by atoms with E-state index in [9.17, 15) is 0 Å². The summed E-state index contributed by atoms with van der Waals surface area (Å²) in [5, 5.41) is 0.